The van der Waals surface area contributed by atoms with Crippen molar-refractivity contribution in [2.24, 2.45) is 0 Å². The summed E-state index contributed by atoms with van der Waals surface area (Å²) < 4.78 is 41.4. The SMILES string of the molecule is Cc1c(Sc2nnc(C(C)(C)C)n2N)nn2c(C(F)(F)F)nnc2c1C. The van der Waals surface area contributed by atoms with Crippen LogP contribution in [0.1, 0.15) is 43.5 Å². The number of alkyl halides is 3. The molecule has 3 heterocycles. The maximum atomic E-state index is 13.1. The molecule has 3 aromatic rings. The molecule has 0 aromatic carbocycles. The summed E-state index contributed by atoms with van der Waals surface area (Å²) in [5.41, 5.74) is 0.943. The second-order valence-corrected chi connectivity index (χ2v) is 7.80. The summed E-state index contributed by atoms with van der Waals surface area (Å²) in [4.78, 5) is 0. The van der Waals surface area contributed by atoms with Gasteiger partial charge in [0.25, 0.3) is 5.82 Å². The molecule has 0 spiro atoms. The van der Waals surface area contributed by atoms with Gasteiger partial charge in [-0.1, -0.05) is 20.8 Å². The van der Waals surface area contributed by atoms with Gasteiger partial charge in [-0.25, -0.2) is 4.68 Å². The molecule has 0 bridgehead atoms. The molecule has 0 atom stereocenters. The summed E-state index contributed by atoms with van der Waals surface area (Å²) in [6, 6.07) is 0. The number of nitrogens with two attached hydrogens (primary N) is 1. The summed E-state index contributed by atoms with van der Waals surface area (Å²) in [6.45, 7) is 9.21. The zero-order valence-electron chi connectivity index (χ0n) is 14.7. The average Bonchev–Trinajstić information content (AvgIpc) is 3.08. The van der Waals surface area contributed by atoms with Crippen molar-refractivity contribution in [1.29, 1.82) is 0 Å². The lowest BCUT2D eigenvalue weighted by Crippen LogP contribution is -2.24. The predicted molar refractivity (Wildman–Crippen MR) is 88.3 cm³/mol. The molecule has 2 N–H and O–H groups in total. The number of hydrogen-bond acceptors (Lipinski definition) is 7. The molecule has 0 aliphatic rings. The van der Waals surface area contributed by atoms with Crippen molar-refractivity contribution >= 4 is 17.4 Å². The Balaban J connectivity index is 2.12. The number of fused-ring (bicyclic) bond motifs is 1. The highest BCUT2D eigenvalue weighted by Crippen LogP contribution is 2.33. The first-order chi connectivity index (χ1) is 11.9. The molecule has 0 unspecified atom stereocenters. The van der Waals surface area contributed by atoms with Crippen LogP contribution in [0.2, 0.25) is 0 Å². The number of nitrogens with zero attached hydrogens (tertiary/aromatic N) is 7. The number of aromatic nitrogens is 7. The smallest absolute Gasteiger partial charge is 0.336 e. The predicted octanol–water partition coefficient (Wildman–Crippen LogP) is 2.51. The van der Waals surface area contributed by atoms with E-state index >= 15 is 0 Å². The highest BCUT2D eigenvalue weighted by molar-refractivity contribution is 7.99. The third-order valence-electron chi connectivity index (χ3n) is 3.83. The maximum absolute atomic E-state index is 13.1. The van der Waals surface area contributed by atoms with Crippen molar-refractivity contribution in [1.82, 2.24) is 34.7 Å². The fourth-order valence-corrected chi connectivity index (χ4v) is 3.19. The molecule has 3 rings (SSSR count). The van der Waals surface area contributed by atoms with Crippen LogP contribution in [0.25, 0.3) is 5.65 Å². The quantitative estimate of drug-likeness (QED) is 0.676. The van der Waals surface area contributed by atoms with Crippen LogP contribution in [0.3, 0.4) is 0 Å². The van der Waals surface area contributed by atoms with Crippen molar-refractivity contribution in [3.8, 4) is 0 Å². The Morgan fingerprint density at radius 2 is 1.54 bits per heavy atom. The summed E-state index contributed by atoms with van der Waals surface area (Å²) in [5, 5.41) is 19.7. The number of hydrogen-bond donors (Lipinski definition) is 1. The second-order valence-electron chi connectivity index (χ2n) is 6.84. The fraction of sp³-hybridized carbons (Fsp3) is 0.500. The largest absolute Gasteiger partial charge is 0.453 e. The molecule has 0 aliphatic carbocycles. The zero-order valence-corrected chi connectivity index (χ0v) is 15.6. The molecule has 140 valence electrons. The minimum Gasteiger partial charge on any atom is -0.336 e. The minimum absolute atomic E-state index is 0.0590. The summed E-state index contributed by atoms with van der Waals surface area (Å²) >= 11 is 1.04. The van der Waals surface area contributed by atoms with Gasteiger partial charge in [-0.05, 0) is 31.2 Å². The summed E-state index contributed by atoms with van der Waals surface area (Å²) in [6.07, 6.45) is -4.66. The van der Waals surface area contributed by atoms with E-state index in [0.29, 0.717) is 31.6 Å². The Kier molecular flexibility index (Phi) is 4.13. The van der Waals surface area contributed by atoms with Crippen LogP contribution >= 0.6 is 11.8 Å². The van der Waals surface area contributed by atoms with Crippen LogP contribution in [-0.2, 0) is 11.6 Å². The van der Waals surface area contributed by atoms with E-state index in [0.717, 1.165) is 11.8 Å². The lowest BCUT2D eigenvalue weighted by molar-refractivity contribution is -0.146. The first kappa shape index (κ1) is 18.4. The molecule has 0 radical (unpaired) electrons. The lowest BCUT2D eigenvalue weighted by Gasteiger charge is -2.16. The van der Waals surface area contributed by atoms with Crippen molar-refractivity contribution in [3.05, 3.63) is 22.8 Å². The van der Waals surface area contributed by atoms with E-state index in [4.69, 9.17) is 5.84 Å². The first-order valence-corrected chi connectivity index (χ1v) is 8.41. The Morgan fingerprint density at radius 3 is 2.08 bits per heavy atom. The molecular formula is C14H17F3N8S. The number of rotatable bonds is 2. The van der Waals surface area contributed by atoms with E-state index in [2.05, 4.69) is 25.5 Å². The van der Waals surface area contributed by atoms with Gasteiger partial charge in [0.1, 0.15) is 5.03 Å². The van der Waals surface area contributed by atoms with Gasteiger partial charge in [-0.2, -0.15) is 22.8 Å². The normalized spacial score (nSPS) is 12.9. The first-order valence-electron chi connectivity index (χ1n) is 7.60. The number of aryl methyl sites for hydroxylation is 1. The maximum Gasteiger partial charge on any atom is 0.453 e. The molecule has 0 fully saturated rings. The van der Waals surface area contributed by atoms with E-state index in [1.807, 2.05) is 20.8 Å². The van der Waals surface area contributed by atoms with Crippen molar-refractivity contribution in [2.45, 2.75) is 56.4 Å². The van der Waals surface area contributed by atoms with Gasteiger partial charge in [-0.3, -0.25) is 0 Å². The average molecular weight is 386 g/mol. The minimum atomic E-state index is -4.66. The molecule has 0 amide bonds. The van der Waals surface area contributed by atoms with E-state index < -0.39 is 12.0 Å². The molecule has 8 nitrogen and oxygen atoms in total. The zero-order chi connectivity index (χ0) is 19.4. The Bertz CT molecular complexity index is 983. The fourth-order valence-electron chi connectivity index (χ4n) is 2.32. The molecular weight excluding hydrogens is 369 g/mol. The third kappa shape index (κ3) is 2.97. The van der Waals surface area contributed by atoms with Gasteiger partial charge in [0.2, 0.25) is 5.16 Å². The Labute approximate surface area is 151 Å². The molecule has 0 saturated carbocycles. The highest BCUT2D eigenvalue weighted by atomic mass is 32.2. The lowest BCUT2D eigenvalue weighted by atomic mass is 9.96. The van der Waals surface area contributed by atoms with Gasteiger partial charge in [0.15, 0.2) is 11.5 Å². The van der Waals surface area contributed by atoms with E-state index in [1.165, 1.54) is 4.68 Å². The van der Waals surface area contributed by atoms with Crippen LogP contribution < -0.4 is 5.84 Å². The van der Waals surface area contributed by atoms with Gasteiger partial charge in [-0.15, -0.1) is 20.4 Å². The van der Waals surface area contributed by atoms with Crippen LogP contribution in [0.5, 0.6) is 0 Å². The molecule has 0 saturated heterocycles. The molecule has 26 heavy (non-hydrogen) atoms. The van der Waals surface area contributed by atoms with E-state index in [-0.39, 0.29) is 11.1 Å². The van der Waals surface area contributed by atoms with Crippen molar-refractivity contribution < 1.29 is 13.2 Å². The van der Waals surface area contributed by atoms with Crippen LogP contribution in [0.15, 0.2) is 10.2 Å². The monoisotopic (exact) mass is 386 g/mol. The van der Waals surface area contributed by atoms with Crippen LogP contribution in [-0.4, -0.2) is 34.7 Å². The second kappa shape index (κ2) is 5.83. The van der Waals surface area contributed by atoms with E-state index in [1.54, 1.807) is 13.8 Å². The topological polar surface area (TPSA) is 99.8 Å². The standard InChI is InChI=1S/C14H17F3N8S/c1-6-7(2)9(23-25-8(6)19-21-11(25)14(15,16)17)26-12-22-20-10(24(12)18)13(3,4)5/h18H2,1-5H3. The van der Waals surface area contributed by atoms with Crippen molar-refractivity contribution in [2.75, 3.05) is 5.84 Å². The Hall–Kier alpha value is -2.37. The van der Waals surface area contributed by atoms with Gasteiger partial charge in [0, 0.05) is 11.0 Å². The van der Waals surface area contributed by atoms with E-state index in [9.17, 15) is 13.2 Å². The number of nitrogen functional groups attached to an aromatic ring is 1. The Morgan fingerprint density at radius 1 is 0.923 bits per heavy atom. The summed E-state index contributed by atoms with van der Waals surface area (Å²) in [7, 11) is 0. The van der Waals surface area contributed by atoms with Crippen LogP contribution in [0, 0.1) is 13.8 Å². The highest BCUT2D eigenvalue weighted by Gasteiger charge is 2.38. The summed E-state index contributed by atoms with van der Waals surface area (Å²) in [5.74, 6) is 5.42. The van der Waals surface area contributed by atoms with Gasteiger partial charge < -0.3 is 5.84 Å². The van der Waals surface area contributed by atoms with Gasteiger partial charge >= 0.3 is 6.18 Å². The van der Waals surface area contributed by atoms with Crippen molar-refractivity contribution in [3.63, 3.8) is 0 Å². The van der Waals surface area contributed by atoms with Gasteiger partial charge in [0.05, 0.1) is 0 Å². The molecule has 3 aromatic heterocycles. The number of halogens is 3. The van der Waals surface area contributed by atoms with Crippen LogP contribution in [0.4, 0.5) is 13.2 Å². The third-order valence-corrected chi connectivity index (χ3v) is 4.87. The molecule has 12 heteroatoms. The molecule has 0 aliphatic heterocycles.